The number of fused-ring (bicyclic) bond motifs is 1. The maximum atomic E-state index is 12.7. The summed E-state index contributed by atoms with van der Waals surface area (Å²) in [6, 6.07) is 12.6. The third kappa shape index (κ3) is 4.72. The molecule has 0 saturated carbocycles. The van der Waals surface area contributed by atoms with Gasteiger partial charge in [0.2, 0.25) is 0 Å². The highest BCUT2D eigenvalue weighted by Gasteiger charge is 2.19. The second-order valence-corrected chi connectivity index (χ2v) is 7.25. The third-order valence-corrected chi connectivity index (χ3v) is 4.55. The Kier molecular flexibility index (Phi) is 6.27. The average Bonchev–Trinajstić information content (AvgIpc) is 2.72. The normalized spacial score (nSPS) is 10.8. The summed E-state index contributed by atoms with van der Waals surface area (Å²) in [6.07, 6.45) is 0. The Labute approximate surface area is 177 Å². The lowest BCUT2D eigenvalue weighted by Gasteiger charge is -2.12. The molecule has 0 radical (unpaired) electrons. The number of esters is 1. The Morgan fingerprint density at radius 3 is 2.63 bits per heavy atom. The number of nitro benzene ring substituents is 1. The third-order valence-electron chi connectivity index (χ3n) is 4.31. The molecule has 9 heteroatoms. The molecule has 0 aliphatic rings. The molecule has 0 bridgehead atoms. The van der Waals surface area contributed by atoms with Crippen molar-refractivity contribution >= 4 is 45.8 Å². The lowest BCUT2D eigenvalue weighted by molar-refractivity contribution is -0.383. The van der Waals surface area contributed by atoms with Crippen LogP contribution in [0.3, 0.4) is 0 Å². The first-order valence-corrected chi connectivity index (χ1v) is 9.44. The molecule has 0 saturated heterocycles. The number of halogens is 1. The van der Waals surface area contributed by atoms with Crippen molar-refractivity contribution in [2.24, 2.45) is 0 Å². The molecule has 30 heavy (non-hydrogen) atoms. The van der Waals surface area contributed by atoms with Crippen LogP contribution in [0.1, 0.15) is 35.8 Å². The number of nitro groups is 1. The maximum Gasteiger partial charge on any atom is 0.339 e. The number of rotatable bonds is 6. The molecule has 3 aromatic rings. The van der Waals surface area contributed by atoms with Crippen molar-refractivity contribution in [3.8, 4) is 0 Å². The minimum atomic E-state index is -0.712. The van der Waals surface area contributed by atoms with Crippen molar-refractivity contribution in [2.75, 3.05) is 11.9 Å². The summed E-state index contributed by atoms with van der Waals surface area (Å²) in [6.45, 7) is 3.31. The van der Waals surface area contributed by atoms with Crippen molar-refractivity contribution in [3.63, 3.8) is 0 Å². The van der Waals surface area contributed by atoms with Crippen LogP contribution in [0, 0.1) is 10.1 Å². The first-order chi connectivity index (χ1) is 14.3. The molecule has 0 unspecified atom stereocenters. The van der Waals surface area contributed by atoms with Gasteiger partial charge in [-0.05, 0) is 30.2 Å². The molecule has 0 fully saturated rings. The number of hydrogen-bond donors (Lipinski definition) is 1. The number of pyridine rings is 1. The van der Waals surface area contributed by atoms with Crippen molar-refractivity contribution < 1.29 is 19.2 Å². The number of ether oxygens (including phenoxy) is 1. The van der Waals surface area contributed by atoms with Gasteiger partial charge in [0.1, 0.15) is 5.69 Å². The zero-order valence-electron chi connectivity index (χ0n) is 16.2. The molecule has 1 aromatic heterocycles. The largest absolute Gasteiger partial charge is 0.452 e. The Hall–Kier alpha value is -3.52. The minimum Gasteiger partial charge on any atom is -0.452 e. The molecular weight excluding hydrogens is 410 g/mol. The SMILES string of the molecule is CC(C)c1cc(C(=O)OCC(=O)Nc2ccc(Cl)cc2[N+](=O)[O-])c2ccccc2n1. The van der Waals surface area contributed by atoms with E-state index in [0.29, 0.717) is 16.5 Å². The topological polar surface area (TPSA) is 111 Å². The van der Waals surface area contributed by atoms with Crippen LogP contribution < -0.4 is 5.32 Å². The molecule has 8 nitrogen and oxygen atoms in total. The molecule has 1 heterocycles. The number of amides is 1. The van der Waals surface area contributed by atoms with Gasteiger partial charge in [0.15, 0.2) is 6.61 Å². The molecule has 0 spiro atoms. The molecule has 1 amide bonds. The fourth-order valence-electron chi connectivity index (χ4n) is 2.82. The Bertz CT molecular complexity index is 1150. The van der Waals surface area contributed by atoms with Crippen LogP contribution in [-0.4, -0.2) is 28.4 Å². The van der Waals surface area contributed by atoms with E-state index in [1.807, 2.05) is 19.9 Å². The van der Waals surface area contributed by atoms with Gasteiger partial charge in [0.25, 0.3) is 11.6 Å². The van der Waals surface area contributed by atoms with E-state index in [1.165, 1.54) is 12.1 Å². The predicted octanol–water partition coefficient (Wildman–Crippen LogP) is 4.72. The summed E-state index contributed by atoms with van der Waals surface area (Å²) in [4.78, 5) is 39.8. The van der Waals surface area contributed by atoms with E-state index in [2.05, 4.69) is 10.3 Å². The number of para-hydroxylation sites is 1. The summed E-state index contributed by atoms with van der Waals surface area (Å²) >= 11 is 5.76. The molecule has 3 rings (SSSR count). The molecular formula is C21H18ClN3O5. The van der Waals surface area contributed by atoms with Gasteiger partial charge in [-0.2, -0.15) is 0 Å². The monoisotopic (exact) mass is 427 g/mol. The Morgan fingerprint density at radius 1 is 1.20 bits per heavy atom. The Balaban J connectivity index is 1.76. The number of anilines is 1. The van der Waals surface area contributed by atoms with Gasteiger partial charge >= 0.3 is 5.97 Å². The van der Waals surface area contributed by atoms with Crippen LogP contribution in [0.4, 0.5) is 11.4 Å². The minimum absolute atomic E-state index is 0.0399. The van der Waals surface area contributed by atoms with Crippen molar-refractivity contribution in [1.82, 2.24) is 4.98 Å². The lowest BCUT2D eigenvalue weighted by atomic mass is 10.0. The van der Waals surface area contributed by atoms with Gasteiger partial charge in [0.05, 0.1) is 16.0 Å². The molecule has 0 atom stereocenters. The van der Waals surface area contributed by atoms with Crippen LogP contribution in [0.5, 0.6) is 0 Å². The highest BCUT2D eigenvalue weighted by atomic mass is 35.5. The van der Waals surface area contributed by atoms with E-state index in [-0.39, 0.29) is 22.3 Å². The van der Waals surface area contributed by atoms with E-state index in [0.717, 1.165) is 11.8 Å². The number of carbonyl (C=O) groups excluding carboxylic acids is 2. The van der Waals surface area contributed by atoms with Gasteiger partial charge < -0.3 is 10.1 Å². The molecule has 154 valence electrons. The molecule has 0 aliphatic heterocycles. The van der Waals surface area contributed by atoms with Gasteiger partial charge in [-0.1, -0.05) is 43.6 Å². The first-order valence-electron chi connectivity index (χ1n) is 9.07. The van der Waals surface area contributed by atoms with E-state index < -0.39 is 23.4 Å². The second kappa shape index (κ2) is 8.87. The van der Waals surface area contributed by atoms with E-state index in [4.69, 9.17) is 16.3 Å². The zero-order chi connectivity index (χ0) is 21.8. The van der Waals surface area contributed by atoms with Crippen LogP contribution in [-0.2, 0) is 9.53 Å². The molecule has 0 aliphatic carbocycles. The summed E-state index contributed by atoms with van der Waals surface area (Å²) in [5.41, 5.74) is 1.28. The quantitative estimate of drug-likeness (QED) is 0.346. The van der Waals surface area contributed by atoms with Crippen LogP contribution >= 0.6 is 11.6 Å². The van der Waals surface area contributed by atoms with Gasteiger partial charge in [-0.15, -0.1) is 0 Å². The number of aromatic nitrogens is 1. The zero-order valence-corrected chi connectivity index (χ0v) is 17.0. The second-order valence-electron chi connectivity index (χ2n) is 6.81. The van der Waals surface area contributed by atoms with Gasteiger partial charge in [0, 0.05) is 22.2 Å². The highest BCUT2D eigenvalue weighted by molar-refractivity contribution is 6.31. The molecule has 2 aromatic carbocycles. The highest BCUT2D eigenvalue weighted by Crippen LogP contribution is 2.28. The van der Waals surface area contributed by atoms with Crippen LogP contribution in [0.25, 0.3) is 10.9 Å². The maximum absolute atomic E-state index is 12.7. The Morgan fingerprint density at radius 2 is 1.93 bits per heavy atom. The summed E-state index contributed by atoms with van der Waals surface area (Å²) in [5, 5.41) is 14.3. The standard InChI is InChI=1S/C21H18ClN3O5/c1-12(2)18-10-15(14-5-3-4-6-16(14)23-18)21(27)30-11-20(26)24-17-8-7-13(22)9-19(17)25(28)29/h3-10,12H,11H2,1-2H3,(H,24,26). The van der Waals surface area contributed by atoms with E-state index in [9.17, 15) is 19.7 Å². The first kappa shape index (κ1) is 21.2. The lowest BCUT2D eigenvalue weighted by Crippen LogP contribution is -2.21. The van der Waals surface area contributed by atoms with Gasteiger partial charge in [-0.25, -0.2) is 4.79 Å². The van der Waals surface area contributed by atoms with E-state index in [1.54, 1.807) is 24.3 Å². The number of nitrogens with one attached hydrogen (secondary N) is 1. The van der Waals surface area contributed by atoms with Crippen molar-refractivity contribution in [3.05, 3.63) is 74.9 Å². The van der Waals surface area contributed by atoms with E-state index >= 15 is 0 Å². The fraction of sp³-hybridized carbons (Fsp3) is 0.190. The fourth-order valence-corrected chi connectivity index (χ4v) is 2.98. The summed E-state index contributed by atoms with van der Waals surface area (Å²) in [7, 11) is 0. The van der Waals surface area contributed by atoms with Crippen molar-refractivity contribution in [2.45, 2.75) is 19.8 Å². The van der Waals surface area contributed by atoms with Crippen LogP contribution in [0.15, 0.2) is 48.5 Å². The summed E-state index contributed by atoms with van der Waals surface area (Å²) in [5.74, 6) is -1.30. The number of carbonyl (C=O) groups is 2. The average molecular weight is 428 g/mol. The van der Waals surface area contributed by atoms with Crippen molar-refractivity contribution in [1.29, 1.82) is 0 Å². The number of nitrogens with zero attached hydrogens (tertiary/aromatic N) is 2. The predicted molar refractivity (Wildman–Crippen MR) is 113 cm³/mol. The van der Waals surface area contributed by atoms with Gasteiger partial charge in [-0.3, -0.25) is 19.9 Å². The molecule has 1 N–H and O–H groups in total. The number of hydrogen-bond acceptors (Lipinski definition) is 6. The van der Waals surface area contributed by atoms with Crippen LogP contribution in [0.2, 0.25) is 5.02 Å². The summed E-state index contributed by atoms with van der Waals surface area (Å²) < 4.78 is 5.15. The number of benzene rings is 2. The smallest absolute Gasteiger partial charge is 0.339 e.